The van der Waals surface area contributed by atoms with Gasteiger partial charge in [0.1, 0.15) is 12.4 Å². The Morgan fingerprint density at radius 2 is 1.93 bits per heavy atom. The molecule has 84 valence electrons. The number of nitrogens with two attached hydrogens (primary N) is 1. The van der Waals surface area contributed by atoms with Gasteiger partial charge in [0.05, 0.1) is 0 Å². The highest BCUT2D eigenvalue weighted by molar-refractivity contribution is 5.20. The van der Waals surface area contributed by atoms with Crippen molar-refractivity contribution in [1.82, 2.24) is 4.90 Å². The van der Waals surface area contributed by atoms with Crippen LogP contribution in [0.3, 0.4) is 0 Å². The molecule has 0 aliphatic heterocycles. The van der Waals surface area contributed by atoms with Crippen LogP contribution in [0, 0.1) is 0 Å². The molecule has 0 saturated heterocycles. The SMILES string of the molecule is CN(C)C(CCN)COc1ccccc1. The highest BCUT2D eigenvalue weighted by atomic mass is 16.5. The summed E-state index contributed by atoms with van der Waals surface area (Å²) in [6.07, 6.45) is 0.958. The van der Waals surface area contributed by atoms with E-state index in [0.717, 1.165) is 12.2 Å². The second kappa shape index (κ2) is 6.43. The van der Waals surface area contributed by atoms with Crippen LogP contribution in [-0.2, 0) is 0 Å². The summed E-state index contributed by atoms with van der Waals surface area (Å²) < 4.78 is 5.68. The highest BCUT2D eigenvalue weighted by Gasteiger charge is 2.10. The van der Waals surface area contributed by atoms with E-state index in [-0.39, 0.29) is 0 Å². The van der Waals surface area contributed by atoms with Gasteiger partial charge in [-0.25, -0.2) is 0 Å². The van der Waals surface area contributed by atoms with E-state index >= 15 is 0 Å². The van der Waals surface area contributed by atoms with Crippen molar-refractivity contribution >= 4 is 0 Å². The van der Waals surface area contributed by atoms with Crippen LogP contribution in [0.25, 0.3) is 0 Å². The Balaban J connectivity index is 2.40. The van der Waals surface area contributed by atoms with Crippen LogP contribution in [0.4, 0.5) is 0 Å². The summed E-state index contributed by atoms with van der Waals surface area (Å²) in [5, 5.41) is 0. The smallest absolute Gasteiger partial charge is 0.119 e. The first-order valence-corrected chi connectivity index (χ1v) is 5.28. The lowest BCUT2D eigenvalue weighted by atomic mass is 10.2. The molecule has 0 fully saturated rings. The van der Waals surface area contributed by atoms with Crippen molar-refractivity contribution in [2.45, 2.75) is 12.5 Å². The molecule has 1 unspecified atom stereocenters. The van der Waals surface area contributed by atoms with Crippen LogP contribution in [0.1, 0.15) is 6.42 Å². The molecule has 0 heterocycles. The molecule has 1 atom stereocenters. The largest absolute Gasteiger partial charge is 0.492 e. The maximum atomic E-state index is 5.68. The average Bonchev–Trinajstić information content (AvgIpc) is 2.25. The Kier molecular flexibility index (Phi) is 5.15. The van der Waals surface area contributed by atoms with Gasteiger partial charge in [-0.15, -0.1) is 0 Å². The second-order valence-corrected chi connectivity index (χ2v) is 3.82. The highest BCUT2D eigenvalue weighted by Crippen LogP contribution is 2.10. The van der Waals surface area contributed by atoms with E-state index in [1.54, 1.807) is 0 Å². The first-order chi connectivity index (χ1) is 7.24. The minimum Gasteiger partial charge on any atom is -0.492 e. The molecule has 15 heavy (non-hydrogen) atoms. The molecule has 0 amide bonds. The van der Waals surface area contributed by atoms with Crippen molar-refractivity contribution in [3.8, 4) is 5.75 Å². The average molecular weight is 208 g/mol. The summed E-state index contributed by atoms with van der Waals surface area (Å²) in [6, 6.07) is 10.3. The third-order valence-electron chi connectivity index (χ3n) is 2.42. The van der Waals surface area contributed by atoms with Gasteiger partial charge in [-0.1, -0.05) is 18.2 Å². The first-order valence-electron chi connectivity index (χ1n) is 5.28. The monoisotopic (exact) mass is 208 g/mol. The quantitative estimate of drug-likeness (QED) is 0.767. The van der Waals surface area contributed by atoms with Crippen LogP contribution in [0.15, 0.2) is 30.3 Å². The van der Waals surface area contributed by atoms with E-state index in [2.05, 4.69) is 19.0 Å². The molecule has 0 bridgehead atoms. The van der Waals surface area contributed by atoms with Gasteiger partial charge >= 0.3 is 0 Å². The molecule has 3 nitrogen and oxygen atoms in total. The number of hydrogen-bond donors (Lipinski definition) is 1. The van der Waals surface area contributed by atoms with Gasteiger partial charge in [0.2, 0.25) is 0 Å². The van der Waals surface area contributed by atoms with Gasteiger partial charge in [0.15, 0.2) is 0 Å². The minimum absolute atomic E-state index is 0.384. The molecule has 1 aromatic carbocycles. The molecular weight excluding hydrogens is 188 g/mol. The number of nitrogens with zero attached hydrogens (tertiary/aromatic N) is 1. The Morgan fingerprint density at radius 3 is 2.47 bits per heavy atom. The van der Waals surface area contributed by atoms with Gasteiger partial charge in [0.25, 0.3) is 0 Å². The Hall–Kier alpha value is -1.06. The summed E-state index contributed by atoms with van der Waals surface area (Å²) in [4.78, 5) is 2.15. The zero-order valence-corrected chi connectivity index (χ0v) is 9.52. The maximum Gasteiger partial charge on any atom is 0.119 e. The van der Waals surface area contributed by atoms with E-state index in [4.69, 9.17) is 10.5 Å². The molecule has 0 radical (unpaired) electrons. The third kappa shape index (κ3) is 4.32. The van der Waals surface area contributed by atoms with Gasteiger partial charge < -0.3 is 15.4 Å². The van der Waals surface area contributed by atoms with E-state index in [0.29, 0.717) is 19.2 Å². The number of likely N-dealkylation sites (N-methyl/N-ethyl adjacent to an activating group) is 1. The Morgan fingerprint density at radius 1 is 1.27 bits per heavy atom. The van der Waals surface area contributed by atoms with Crippen molar-refractivity contribution in [2.75, 3.05) is 27.2 Å². The van der Waals surface area contributed by atoms with E-state index in [1.807, 2.05) is 30.3 Å². The van der Waals surface area contributed by atoms with Gasteiger partial charge in [-0.3, -0.25) is 0 Å². The maximum absolute atomic E-state index is 5.68. The van der Waals surface area contributed by atoms with Crippen molar-refractivity contribution in [2.24, 2.45) is 5.73 Å². The summed E-state index contributed by atoms with van der Waals surface area (Å²) in [7, 11) is 4.10. The van der Waals surface area contributed by atoms with Crippen molar-refractivity contribution < 1.29 is 4.74 Å². The molecule has 2 N–H and O–H groups in total. The van der Waals surface area contributed by atoms with Crippen molar-refractivity contribution in [3.63, 3.8) is 0 Å². The second-order valence-electron chi connectivity index (χ2n) is 3.82. The molecule has 1 rings (SSSR count). The molecule has 0 spiro atoms. The van der Waals surface area contributed by atoms with Crippen LogP contribution in [-0.4, -0.2) is 38.2 Å². The molecule has 0 aromatic heterocycles. The van der Waals surface area contributed by atoms with Crippen molar-refractivity contribution in [1.29, 1.82) is 0 Å². The first kappa shape index (κ1) is 12.0. The molecule has 0 aliphatic carbocycles. The predicted molar refractivity (Wildman–Crippen MR) is 63.1 cm³/mol. The fourth-order valence-electron chi connectivity index (χ4n) is 1.39. The van der Waals surface area contributed by atoms with E-state index in [9.17, 15) is 0 Å². The lowest BCUT2D eigenvalue weighted by Gasteiger charge is -2.23. The summed E-state index contributed by atoms with van der Waals surface area (Å²) in [5.74, 6) is 0.918. The van der Waals surface area contributed by atoms with E-state index in [1.165, 1.54) is 0 Å². The lowest BCUT2D eigenvalue weighted by molar-refractivity contribution is 0.179. The van der Waals surface area contributed by atoms with Gasteiger partial charge in [-0.05, 0) is 39.2 Å². The Bertz CT molecular complexity index is 262. The standard InChI is InChI=1S/C12H20N2O/c1-14(2)11(8-9-13)10-15-12-6-4-3-5-7-12/h3-7,11H,8-10,13H2,1-2H3. The number of hydrogen-bond acceptors (Lipinski definition) is 3. The molecular formula is C12H20N2O. The van der Waals surface area contributed by atoms with Crippen molar-refractivity contribution in [3.05, 3.63) is 30.3 Å². The summed E-state index contributed by atoms with van der Waals surface area (Å²) in [6.45, 7) is 1.38. The summed E-state index contributed by atoms with van der Waals surface area (Å²) >= 11 is 0. The molecule has 0 aliphatic rings. The number of para-hydroxylation sites is 1. The van der Waals surface area contributed by atoms with Crippen LogP contribution in [0.5, 0.6) is 5.75 Å². The number of benzene rings is 1. The zero-order valence-electron chi connectivity index (χ0n) is 9.52. The predicted octanol–water partition coefficient (Wildman–Crippen LogP) is 1.34. The zero-order chi connectivity index (χ0) is 11.1. The third-order valence-corrected chi connectivity index (χ3v) is 2.42. The van der Waals surface area contributed by atoms with Crippen LogP contribution >= 0.6 is 0 Å². The molecule has 3 heteroatoms. The fraction of sp³-hybridized carbons (Fsp3) is 0.500. The van der Waals surface area contributed by atoms with Crippen LogP contribution in [0.2, 0.25) is 0 Å². The lowest BCUT2D eigenvalue weighted by Crippen LogP contribution is -2.35. The molecule has 1 aromatic rings. The summed E-state index contributed by atoms with van der Waals surface area (Å²) in [5.41, 5.74) is 5.55. The number of ether oxygens (including phenoxy) is 1. The van der Waals surface area contributed by atoms with E-state index < -0.39 is 0 Å². The topological polar surface area (TPSA) is 38.5 Å². The van der Waals surface area contributed by atoms with Gasteiger partial charge in [0, 0.05) is 6.04 Å². The van der Waals surface area contributed by atoms with Crippen LogP contribution < -0.4 is 10.5 Å². The molecule has 0 saturated carbocycles. The Labute approximate surface area is 91.8 Å². The minimum atomic E-state index is 0.384. The fourth-order valence-corrected chi connectivity index (χ4v) is 1.39. The number of rotatable bonds is 6. The normalized spacial score (nSPS) is 12.8. The van der Waals surface area contributed by atoms with Gasteiger partial charge in [-0.2, -0.15) is 0 Å².